The van der Waals surface area contributed by atoms with Gasteiger partial charge in [-0.05, 0) is 36.2 Å². The topological polar surface area (TPSA) is 138 Å². The highest BCUT2D eigenvalue weighted by Gasteiger charge is 2.45. The SMILES string of the molecule is CC(NC(=O)[C@@H]1C[C@@H](OC(F)F)CN1C(=O)CNC(=O)c1ccc2c(c1)C(F)(F)c1ccccc1-2)c1cc(C(=N)N)cs1. The maximum atomic E-state index is 15.1. The molecular weight excluding hydrogens is 590 g/mol. The number of fused-ring (bicyclic) bond motifs is 3. The second-order valence-corrected chi connectivity index (χ2v) is 11.2. The summed E-state index contributed by atoms with van der Waals surface area (Å²) in [5.41, 5.74) is 6.07. The van der Waals surface area contributed by atoms with Crippen molar-refractivity contribution in [1.29, 1.82) is 5.41 Å². The standard InChI is InChI=1S/C29H27F4N5O4S/c1-14(23-9-16(13-43-23)25(34)35)37-27(41)22-10-17(42-28(30)31)12-38(22)24(39)11-36-26(40)15-6-7-19-18-4-2-3-5-20(18)29(32,33)21(19)8-15/h2-9,13-14,17,22,28H,10-12H2,1H3,(H3,34,35)(H,36,40)(H,37,41)/t14?,17-,22+/m1/s1. The van der Waals surface area contributed by atoms with Gasteiger partial charge in [-0.2, -0.15) is 17.6 Å². The van der Waals surface area contributed by atoms with Crippen LogP contribution in [0.15, 0.2) is 53.9 Å². The molecule has 3 atom stereocenters. The molecule has 0 spiro atoms. The van der Waals surface area contributed by atoms with Crippen LogP contribution in [0.3, 0.4) is 0 Å². The fourth-order valence-electron chi connectivity index (χ4n) is 5.34. The molecule has 5 N–H and O–H groups in total. The van der Waals surface area contributed by atoms with Gasteiger partial charge in [0.1, 0.15) is 11.9 Å². The van der Waals surface area contributed by atoms with E-state index < -0.39 is 55.0 Å². The van der Waals surface area contributed by atoms with Crippen LogP contribution in [0, 0.1) is 5.41 Å². The molecule has 14 heteroatoms. The maximum Gasteiger partial charge on any atom is 0.345 e. The number of hydrogen-bond acceptors (Lipinski definition) is 6. The van der Waals surface area contributed by atoms with Gasteiger partial charge in [-0.15, -0.1) is 11.3 Å². The Morgan fingerprint density at radius 3 is 2.53 bits per heavy atom. The highest BCUT2D eigenvalue weighted by molar-refractivity contribution is 7.10. The van der Waals surface area contributed by atoms with E-state index in [-0.39, 0.29) is 35.5 Å². The normalized spacial score (nSPS) is 19.1. The molecule has 0 saturated carbocycles. The Bertz CT molecular complexity index is 1600. The van der Waals surface area contributed by atoms with Crippen molar-refractivity contribution in [3.63, 3.8) is 0 Å². The van der Waals surface area contributed by atoms with Crippen LogP contribution in [0.1, 0.15) is 51.3 Å². The lowest BCUT2D eigenvalue weighted by Crippen LogP contribution is -2.49. The lowest BCUT2D eigenvalue weighted by Gasteiger charge is -2.25. The van der Waals surface area contributed by atoms with Crippen LogP contribution in [0.4, 0.5) is 17.6 Å². The number of thiophene rings is 1. The number of ether oxygens (including phenoxy) is 1. The molecule has 3 amide bonds. The minimum atomic E-state index is -3.30. The van der Waals surface area contributed by atoms with Crippen LogP contribution in [0.5, 0.6) is 0 Å². The van der Waals surface area contributed by atoms with Crippen molar-refractivity contribution in [2.24, 2.45) is 5.73 Å². The van der Waals surface area contributed by atoms with Crippen LogP contribution in [0.25, 0.3) is 11.1 Å². The van der Waals surface area contributed by atoms with Crippen LogP contribution >= 0.6 is 11.3 Å². The first-order valence-corrected chi connectivity index (χ1v) is 14.1. The number of halogens is 4. The molecule has 5 rings (SSSR count). The average Bonchev–Trinajstić information content (AvgIpc) is 3.68. The van der Waals surface area contributed by atoms with Crippen molar-refractivity contribution < 1.29 is 36.7 Å². The van der Waals surface area contributed by atoms with Crippen molar-refractivity contribution in [3.8, 4) is 11.1 Å². The Balaban J connectivity index is 1.26. The van der Waals surface area contributed by atoms with Gasteiger partial charge < -0.3 is 26.0 Å². The number of nitrogens with one attached hydrogen (secondary N) is 3. The third-order valence-electron chi connectivity index (χ3n) is 7.47. The second-order valence-electron chi connectivity index (χ2n) is 10.3. The first kappa shape index (κ1) is 30.2. The predicted molar refractivity (Wildman–Crippen MR) is 150 cm³/mol. The third-order valence-corrected chi connectivity index (χ3v) is 8.59. The Labute approximate surface area is 247 Å². The fourth-order valence-corrected chi connectivity index (χ4v) is 6.26. The van der Waals surface area contributed by atoms with Crippen LogP contribution in [-0.4, -0.2) is 60.3 Å². The van der Waals surface area contributed by atoms with Gasteiger partial charge in [0.05, 0.1) is 18.7 Å². The molecule has 2 aliphatic rings. The lowest BCUT2D eigenvalue weighted by molar-refractivity contribution is -0.160. The van der Waals surface area contributed by atoms with Gasteiger partial charge in [0, 0.05) is 45.5 Å². The number of likely N-dealkylation sites (tertiary alicyclic amines) is 1. The molecule has 0 bridgehead atoms. The van der Waals surface area contributed by atoms with E-state index in [4.69, 9.17) is 11.1 Å². The number of nitrogens with zero attached hydrogens (tertiary/aromatic N) is 1. The zero-order chi connectivity index (χ0) is 31.1. The Morgan fingerprint density at radius 1 is 1.12 bits per heavy atom. The molecule has 1 aromatic heterocycles. The lowest BCUT2D eigenvalue weighted by atomic mass is 10.0. The van der Waals surface area contributed by atoms with E-state index in [1.54, 1.807) is 30.5 Å². The van der Waals surface area contributed by atoms with Gasteiger partial charge in [0.15, 0.2) is 0 Å². The summed E-state index contributed by atoms with van der Waals surface area (Å²) in [4.78, 5) is 40.9. The summed E-state index contributed by atoms with van der Waals surface area (Å²) >= 11 is 1.27. The van der Waals surface area contributed by atoms with E-state index in [1.165, 1.54) is 35.6 Å². The van der Waals surface area contributed by atoms with Gasteiger partial charge in [0.25, 0.3) is 11.8 Å². The molecule has 9 nitrogen and oxygen atoms in total. The third kappa shape index (κ3) is 5.97. The molecule has 1 fully saturated rings. The smallest absolute Gasteiger partial charge is 0.345 e. The maximum absolute atomic E-state index is 15.1. The molecule has 43 heavy (non-hydrogen) atoms. The Morgan fingerprint density at radius 2 is 1.84 bits per heavy atom. The zero-order valence-corrected chi connectivity index (χ0v) is 23.5. The number of benzene rings is 2. The summed E-state index contributed by atoms with van der Waals surface area (Å²) in [7, 11) is 0. The van der Waals surface area contributed by atoms with Gasteiger partial charge in [0.2, 0.25) is 11.8 Å². The van der Waals surface area contributed by atoms with Gasteiger partial charge >= 0.3 is 6.61 Å². The van der Waals surface area contributed by atoms with Crippen molar-refractivity contribution >= 4 is 34.9 Å². The Kier molecular flexibility index (Phi) is 8.25. The number of alkyl halides is 4. The van der Waals surface area contributed by atoms with E-state index >= 15 is 8.78 Å². The van der Waals surface area contributed by atoms with Gasteiger partial charge in [-0.1, -0.05) is 30.3 Å². The van der Waals surface area contributed by atoms with Gasteiger partial charge in [-0.25, -0.2) is 0 Å². The van der Waals surface area contributed by atoms with E-state index in [9.17, 15) is 23.2 Å². The minimum absolute atomic E-state index is 0.0941. The van der Waals surface area contributed by atoms with Gasteiger partial charge in [-0.3, -0.25) is 19.8 Å². The van der Waals surface area contributed by atoms with Crippen molar-refractivity contribution in [2.45, 2.75) is 44.1 Å². The Hall–Kier alpha value is -4.30. The predicted octanol–water partition coefficient (Wildman–Crippen LogP) is 3.97. The first-order valence-electron chi connectivity index (χ1n) is 13.2. The summed E-state index contributed by atoms with van der Waals surface area (Å²) < 4.78 is 60.6. The molecule has 2 heterocycles. The summed E-state index contributed by atoms with van der Waals surface area (Å²) in [5, 5.41) is 14.3. The first-order chi connectivity index (χ1) is 20.4. The largest absolute Gasteiger partial charge is 0.384 e. The van der Waals surface area contributed by atoms with E-state index in [0.717, 1.165) is 11.0 Å². The number of nitrogens with two attached hydrogens (primary N) is 1. The van der Waals surface area contributed by atoms with Crippen LogP contribution in [0.2, 0.25) is 0 Å². The highest BCUT2D eigenvalue weighted by Crippen LogP contribution is 2.50. The summed E-state index contributed by atoms with van der Waals surface area (Å²) in [6.45, 7) is -2.37. The monoisotopic (exact) mass is 617 g/mol. The van der Waals surface area contributed by atoms with E-state index in [2.05, 4.69) is 15.4 Å². The quantitative estimate of drug-likeness (QED) is 0.164. The molecule has 3 aromatic rings. The summed E-state index contributed by atoms with van der Waals surface area (Å²) in [5.74, 6) is -5.60. The molecule has 1 aliphatic heterocycles. The van der Waals surface area contributed by atoms with Crippen LogP contribution < -0.4 is 16.4 Å². The molecular formula is C29H27F4N5O4S. The highest BCUT2D eigenvalue weighted by atomic mass is 32.1. The molecule has 0 radical (unpaired) electrons. The number of amides is 3. The molecule has 1 saturated heterocycles. The zero-order valence-electron chi connectivity index (χ0n) is 22.7. The molecule has 1 aliphatic carbocycles. The number of nitrogen functional groups attached to an aromatic ring is 1. The van der Waals surface area contributed by atoms with Crippen molar-refractivity contribution in [1.82, 2.24) is 15.5 Å². The number of carbonyl (C=O) groups excluding carboxylic acids is 3. The fraction of sp³-hybridized carbons (Fsp3) is 0.310. The number of amidine groups is 1. The number of hydrogen-bond donors (Lipinski definition) is 4. The molecule has 226 valence electrons. The number of carbonyl (C=O) groups is 3. The van der Waals surface area contributed by atoms with Crippen molar-refractivity contribution in [3.05, 3.63) is 81.0 Å². The summed E-state index contributed by atoms with van der Waals surface area (Å²) in [6, 6.07) is 9.86. The van der Waals surface area contributed by atoms with Crippen LogP contribution in [-0.2, 0) is 20.2 Å². The van der Waals surface area contributed by atoms with E-state index in [0.29, 0.717) is 21.6 Å². The average molecular weight is 618 g/mol. The summed E-state index contributed by atoms with van der Waals surface area (Å²) in [6.07, 6.45) is -1.33. The second kappa shape index (κ2) is 11.8. The molecule has 1 unspecified atom stereocenters. The molecule has 2 aromatic carbocycles. The van der Waals surface area contributed by atoms with E-state index in [1.807, 2.05) is 0 Å². The minimum Gasteiger partial charge on any atom is -0.384 e. The van der Waals surface area contributed by atoms with Crippen molar-refractivity contribution in [2.75, 3.05) is 13.1 Å². The number of rotatable bonds is 9.